The molecule has 282 valence electrons. The molecule has 11 aromatic rings. The number of hydrogen-bond acceptors (Lipinski definition) is 2. The van der Waals surface area contributed by atoms with Gasteiger partial charge < -0.3 is 13.9 Å². The van der Waals surface area contributed by atoms with Crippen molar-refractivity contribution in [3.8, 4) is 27.9 Å². The van der Waals surface area contributed by atoms with Gasteiger partial charge in [0, 0.05) is 38.6 Å². The van der Waals surface area contributed by atoms with Crippen molar-refractivity contribution in [2.45, 2.75) is 18.3 Å². The Labute approximate surface area is 348 Å². The molecular formula is C57H38N2O. The van der Waals surface area contributed by atoms with Crippen LogP contribution in [0.25, 0.3) is 71.7 Å². The normalized spacial score (nSPS) is 13.7. The monoisotopic (exact) mass is 766 g/mol. The molecule has 0 amide bonds. The van der Waals surface area contributed by atoms with Gasteiger partial charge in [-0.15, -0.1) is 0 Å². The molecule has 0 fully saturated rings. The first-order chi connectivity index (χ1) is 29.7. The van der Waals surface area contributed by atoms with E-state index in [0.29, 0.717) is 0 Å². The Balaban J connectivity index is 0.980. The summed E-state index contributed by atoms with van der Waals surface area (Å²) in [4.78, 5) is 2.45. The number of anilines is 3. The topological polar surface area (TPSA) is 21.3 Å². The SMILES string of the molecule is c1ccc(-n2c3ccccc3c3cc(-c4ccc(N(c5ccc6c(c5)C5(Cc7ccccc7C5)c5ccccc5-6)c5cccc6oc7ccccc7c56)cc4)ccc32)cc1. The molecule has 2 heterocycles. The third-order valence-electron chi connectivity index (χ3n) is 13.4. The van der Waals surface area contributed by atoms with E-state index >= 15 is 0 Å². The Bertz CT molecular complexity index is 3470. The van der Waals surface area contributed by atoms with Crippen LogP contribution < -0.4 is 4.90 Å². The number of nitrogens with zero attached hydrogens (tertiary/aromatic N) is 2. The third kappa shape index (κ3) is 4.78. The molecule has 0 atom stereocenters. The van der Waals surface area contributed by atoms with Gasteiger partial charge in [-0.25, -0.2) is 0 Å². The van der Waals surface area contributed by atoms with Crippen molar-refractivity contribution >= 4 is 60.8 Å². The largest absolute Gasteiger partial charge is 0.456 e. The summed E-state index contributed by atoms with van der Waals surface area (Å²) < 4.78 is 8.86. The minimum Gasteiger partial charge on any atom is -0.456 e. The average Bonchev–Trinajstić information content (AvgIpc) is 4.05. The molecule has 0 N–H and O–H groups in total. The quantitative estimate of drug-likeness (QED) is 0.174. The molecule has 2 aliphatic carbocycles. The Hall–Kier alpha value is -7.62. The summed E-state index contributed by atoms with van der Waals surface area (Å²) in [5.41, 5.74) is 19.4. The van der Waals surface area contributed by atoms with Gasteiger partial charge in [-0.3, -0.25) is 0 Å². The fraction of sp³-hybridized carbons (Fsp3) is 0.0526. The summed E-state index contributed by atoms with van der Waals surface area (Å²) in [6, 6.07) is 75.6. The molecular weight excluding hydrogens is 729 g/mol. The minimum absolute atomic E-state index is 0.113. The fourth-order valence-corrected chi connectivity index (χ4v) is 10.8. The van der Waals surface area contributed by atoms with Crippen LogP contribution in [0.3, 0.4) is 0 Å². The lowest BCUT2D eigenvalue weighted by atomic mass is 9.75. The molecule has 0 aliphatic heterocycles. The Morgan fingerprint density at radius 2 is 1.08 bits per heavy atom. The summed E-state index contributed by atoms with van der Waals surface area (Å²) in [5.74, 6) is 0. The van der Waals surface area contributed by atoms with Crippen molar-refractivity contribution in [3.63, 3.8) is 0 Å². The van der Waals surface area contributed by atoms with Crippen LogP contribution in [0.2, 0.25) is 0 Å². The lowest BCUT2D eigenvalue weighted by Crippen LogP contribution is -2.26. The summed E-state index contributed by atoms with van der Waals surface area (Å²) in [6.45, 7) is 0. The molecule has 0 unspecified atom stereocenters. The Kier molecular flexibility index (Phi) is 7.06. The zero-order valence-electron chi connectivity index (χ0n) is 32.8. The van der Waals surface area contributed by atoms with Gasteiger partial charge in [0.05, 0.1) is 22.1 Å². The van der Waals surface area contributed by atoms with E-state index in [2.05, 4.69) is 216 Å². The molecule has 0 bridgehead atoms. The average molecular weight is 767 g/mol. The maximum atomic E-state index is 6.49. The highest BCUT2D eigenvalue weighted by atomic mass is 16.3. The molecule has 0 radical (unpaired) electrons. The van der Waals surface area contributed by atoms with Gasteiger partial charge in [0.2, 0.25) is 0 Å². The molecule has 3 nitrogen and oxygen atoms in total. The van der Waals surface area contributed by atoms with Crippen LogP contribution in [-0.2, 0) is 18.3 Å². The zero-order valence-corrected chi connectivity index (χ0v) is 32.8. The number of aromatic nitrogens is 1. The first-order valence-electron chi connectivity index (χ1n) is 20.9. The molecule has 60 heavy (non-hydrogen) atoms. The molecule has 9 aromatic carbocycles. The van der Waals surface area contributed by atoms with Crippen molar-refractivity contribution in [1.82, 2.24) is 4.57 Å². The highest BCUT2D eigenvalue weighted by Gasteiger charge is 2.47. The van der Waals surface area contributed by atoms with E-state index in [0.717, 1.165) is 51.8 Å². The molecule has 0 saturated carbocycles. The maximum Gasteiger partial charge on any atom is 0.137 e. The molecule has 3 heteroatoms. The highest BCUT2D eigenvalue weighted by molar-refractivity contribution is 6.14. The second-order valence-electron chi connectivity index (χ2n) is 16.5. The van der Waals surface area contributed by atoms with Crippen molar-refractivity contribution in [2.24, 2.45) is 0 Å². The number of fused-ring (bicyclic) bond motifs is 12. The third-order valence-corrected chi connectivity index (χ3v) is 13.4. The van der Waals surface area contributed by atoms with Crippen LogP contribution in [0.1, 0.15) is 22.3 Å². The van der Waals surface area contributed by atoms with Crippen molar-refractivity contribution in [1.29, 1.82) is 0 Å². The van der Waals surface area contributed by atoms with Gasteiger partial charge in [0.15, 0.2) is 0 Å². The second kappa shape index (κ2) is 12.7. The maximum absolute atomic E-state index is 6.49. The molecule has 0 saturated heterocycles. The van der Waals surface area contributed by atoms with E-state index in [4.69, 9.17) is 4.42 Å². The van der Waals surface area contributed by atoms with Gasteiger partial charge in [-0.1, -0.05) is 133 Å². The van der Waals surface area contributed by atoms with Crippen LogP contribution in [-0.4, -0.2) is 4.57 Å². The Morgan fingerprint density at radius 1 is 0.433 bits per heavy atom. The summed E-state index contributed by atoms with van der Waals surface area (Å²) in [5, 5.41) is 4.73. The van der Waals surface area contributed by atoms with E-state index in [1.165, 1.54) is 72.0 Å². The van der Waals surface area contributed by atoms with Gasteiger partial charge >= 0.3 is 0 Å². The van der Waals surface area contributed by atoms with Crippen LogP contribution >= 0.6 is 0 Å². The minimum atomic E-state index is -0.113. The first kappa shape index (κ1) is 33.4. The van der Waals surface area contributed by atoms with Crippen LogP contribution in [0.15, 0.2) is 211 Å². The number of hydrogen-bond donors (Lipinski definition) is 0. The standard InChI is InChI=1S/C57H38N2O/c1-2-15-41(16-3-1)59-51-21-10-7-18-46(51)48-33-38(27-32-52(48)59)37-25-28-42(29-26-37)58(53-22-12-24-55-56(53)47-19-8-11-23-54(47)60-55)43-30-31-45-44-17-6-9-20-49(44)57(50(45)34-43)35-39-13-4-5-14-40(39)36-57/h1-34H,35-36H2. The second-order valence-corrected chi connectivity index (χ2v) is 16.5. The van der Waals surface area contributed by atoms with Crippen molar-refractivity contribution in [3.05, 3.63) is 229 Å². The van der Waals surface area contributed by atoms with Crippen LogP contribution in [0.4, 0.5) is 17.1 Å². The summed E-state index contributed by atoms with van der Waals surface area (Å²) >= 11 is 0. The van der Waals surface area contributed by atoms with Gasteiger partial charge in [-0.05, 0) is 130 Å². The lowest BCUT2D eigenvalue weighted by Gasteiger charge is -2.30. The van der Waals surface area contributed by atoms with Gasteiger partial charge in [0.25, 0.3) is 0 Å². The van der Waals surface area contributed by atoms with E-state index in [1.807, 2.05) is 0 Å². The van der Waals surface area contributed by atoms with E-state index in [-0.39, 0.29) is 5.41 Å². The number of furan rings is 1. The summed E-state index contributed by atoms with van der Waals surface area (Å²) in [6.07, 6.45) is 2.00. The predicted molar refractivity (Wildman–Crippen MR) is 248 cm³/mol. The van der Waals surface area contributed by atoms with Gasteiger partial charge in [-0.2, -0.15) is 0 Å². The van der Waals surface area contributed by atoms with Crippen molar-refractivity contribution < 1.29 is 4.42 Å². The van der Waals surface area contributed by atoms with Crippen molar-refractivity contribution in [2.75, 3.05) is 4.90 Å². The summed E-state index contributed by atoms with van der Waals surface area (Å²) in [7, 11) is 0. The van der Waals surface area contributed by atoms with Crippen LogP contribution in [0.5, 0.6) is 0 Å². The van der Waals surface area contributed by atoms with E-state index < -0.39 is 0 Å². The zero-order chi connectivity index (χ0) is 39.4. The van der Waals surface area contributed by atoms with Crippen LogP contribution in [0, 0.1) is 0 Å². The number of rotatable bonds is 5. The molecule has 1 spiro atoms. The predicted octanol–water partition coefficient (Wildman–Crippen LogP) is 14.9. The lowest BCUT2D eigenvalue weighted by molar-refractivity contribution is 0.563. The number of benzene rings is 9. The smallest absolute Gasteiger partial charge is 0.137 e. The first-order valence-corrected chi connectivity index (χ1v) is 20.9. The Morgan fingerprint density at radius 3 is 1.93 bits per heavy atom. The van der Waals surface area contributed by atoms with E-state index in [1.54, 1.807) is 0 Å². The molecule has 2 aliphatic rings. The van der Waals surface area contributed by atoms with E-state index in [9.17, 15) is 0 Å². The molecule has 2 aromatic heterocycles. The number of para-hydroxylation sites is 3. The molecule has 13 rings (SSSR count). The highest BCUT2D eigenvalue weighted by Crippen LogP contribution is 2.57. The fourth-order valence-electron chi connectivity index (χ4n) is 10.8. The van der Waals surface area contributed by atoms with Gasteiger partial charge in [0.1, 0.15) is 11.2 Å².